The van der Waals surface area contributed by atoms with Gasteiger partial charge in [0.05, 0.1) is 0 Å². The Labute approximate surface area is 161 Å². The number of nitrogens with zero attached hydrogens (tertiary/aromatic N) is 2. The molecule has 0 bridgehead atoms. The Morgan fingerprint density at radius 3 is 2.61 bits per heavy atom. The number of nitrogens with one attached hydrogen (secondary N) is 3. The van der Waals surface area contributed by atoms with E-state index in [1.165, 1.54) is 6.20 Å². The number of amides is 1. The number of phenolic OH excluding ortho intramolecular Hbond substituents is 1. The van der Waals surface area contributed by atoms with E-state index in [-0.39, 0.29) is 23.1 Å². The minimum absolute atomic E-state index is 0.0476. The van der Waals surface area contributed by atoms with Crippen LogP contribution in [0.5, 0.6) is 5.75 Å². The Hall–Kier alpha value is -2.83. The number of benzene rings is 1. The third-order valence-electron chi connectivity index (χ3n) is 3.90. The molecule has 0 unspecified atom stereocenters. The van der Waals surface area contributed by atoms with Crippen LogP contribution >= 0.6 is 11.0 Å². The molecule has 1 fully saturated rings. The molecule has 1 amide bonds. The second-order valence-electron chi connectivity index (χ2n) is 6.72. The standard InChI is InChI=1S/C16H20FN5O5S/c1-8(2)3-9-6-18-16(20-15(9)25)19-10-4-11(17)14(12(23)5-10)22-7-13(24)21-28(22,26)27/h4-6,8,23,26-27H,3,7H2,1-2H3,(H,21,24)(H2,18,19,20,25). The van der Waals surface area contributed by atoms with Crippen molar-refractivity contribution < 1.29 is 23.4 Å². The number of aromatic amines is 1. The van der Waals surface area contributed by atoms with Gasteiger partial charge in [0.2, 0.25) is 5.95 Å². The van der Waals surface area contributed by atoms with E-state index < -0.39 is 40.7 Å². The normalized spacial score (nSPS) is 16.9. The molecule has 1 saturated heterocycles. The molecule has 2 heterocycles. The third kappa shape index (κ3) is 4.03. The minimum atomic E-state index is -3.77. The van der Waals surface area contributed by atoms with Crippen LogP contribution in [0.3, 0.4) is 0 Å². The lowest BCUT2D eigenvalue weighted by Gasteiger charge is -2.36. The summed E-state index contributed by atoms with van der Waals surface area (Å²) in [6, 6.07) is 2.08. The van der Waals surface area contributed by atoms with Gasteiger partial charge >= 0.3 is 0 Å². The number of anilines is 3. The SMILES string of the molecule is CC(C)Cc1cnc(Nc2cc(O)c(N3CC(=O)NS3(O)O)c(F)c2)[nH]c1=O. The topological polar surface area (TPSA) is 151 Å². The number of carbonyl (C=O) groups excluding carboxylic acids is 1. The van der Waals surface area contributed by atoms with Crippen LogP contribution in [0.25, 0.3) is 0 Å². The summed E-state index contributed by atoms with van der Waals surface area (Å²) in [7, 11) is -3.77. The van der Waals surface area contributed by atoms with E-state index in [1.807, 2.05) is 18.6 Å². The van der Waals surface area contributed by atoms with E-state index >= 15 is 0 Å². The number of phenols is 1. The fraction of sp³-hybridized carbons (Fsp3) is 0.312. The number of hydrogen-bond donors (Lipinski definition) is 6. The fourth-order valence-corrected chi connectivity index (χ4v) is 3.99. The van der Waals surface area contributed by atoms with Gasteiger partial charge in [0.15, 0.2) is 5.82 Å². The van der Waals surface area contributed by atoms with Crippen LogP contribution in [0.4, 0.5) is 21.7 Å². The summed E-state index contributed by atoms with van der Waals surface area (Å²) in [5.74, 6) is -2.02. The van der Waals surface area contributed by atoms with E-state index in [9.17, 15) is 28.2 Å². The monoisotopic (exact) mass is 413 g/mol. The lowest BCUT2D eigenvalue weighted by molar-refractivity contribution is -0.117. The largest absolute Gasteiger partial charge is 0.506 e. The Morgan fingerprint density at radius 2 is 2.07 bits per heavy atom. The van der Waals surface area contributed by atoms with E-state index in [1.54, 1.807) is 0 Å². The van der Waals surface area contributed by atoms with Crippen molar-refractivity contribution in [2.45, 2.75) is 20.3 Å². The molecule has 152 valence electrons. The van der Waals surface area contributed by atoms with Gasteiger partial charge < -0.3 is 10.4 Å². The average molecular weight is 413 g/mol. The van der Waals surface area contributed by atoms with Crippen molar-refractivity contribution in [2.75, 3.05) is 16.2 Å². The summed E-state index contributed by atoms with van der Waals surface area (Å²) in [6.45, 7) is 3.42. The Balaban J connectivity index is 1.86. The molecule has 0 spiro atoms. The molecule has 2 aromatic rings. The maximum Gasteiger partial charge on any atom is 0.260 e. The molecule has 0 saturated carbocycles. The van der Waals surface area contributed by atoms with Crippen LogP contribution in [0.1, 0.15) is 19.4 Å². The van der Waals surface area contributed by atoms with Crippen molar-refractivity contribution in [2.24, 2.45) is 5.92 Å². The van der Waals surface area contributed by atoms with E-state index in [4.69, 9.17) is 0 Å². The minimum Gasteiger partial charge on any atom is -0.506 e. The van der Waals surface area contributed by atoms with Crippen molar-refractivity contribution >= 4 is 34.2 Å². The third-order valence-corrected chi connectivity index (χ3v) is 5.33. The Bertz CT molecular complexity index is 957. The molecule has 0 radical (unpaired) electrons. The van der Waals surface area contributed by atoms with Crippen LogP contribution in [-0.4, -0.2) is 36.6 Å². The average Bonchev–Trinajstić information content (AvgIpc) is 2.81. The fourth-order valence-electron chi connectivity index (χ4n) is 2.78. The van der Waals surface area contributed by atoms with Crippen molar-refractivity contribution in [1.82, 2.24) is 14.7 Å². The summed E-state index contributed by atoms with van der Waals surface area (Å²) < 4.78 is 36.8. The highest BCUT2D eigenvalue weighted by Gasteiger charge is 2.37. The molecular formula is C16H20FN5O5S. The second-order valence-corrected chi connectivity index (χ2v) is 8.40. The molecule has 1 aliphatic heterocycles. The maximum atomic E-state index is 14.5. The van der Waals surface area contributed by atoms with Gasteiger partial charge in [-0.1, -0.05) is 13.8 Å². The first-order valence-corrected chi connectivity index (χ1v) is 9.81. The van der Waals surface area contributed by atoms with Crippen LogP contribution in [0.15, 0.2) is 23.1 Å². The van der Waals surface area contributed by atoms with Gasteiger partial charge in [-0.15, -0.1) is 0 Å². The molecule has 10 nitrogen and oxygen atoms in total. The number of carbonyl (C=O) groups is 1. The van der Waals surface area contributed by atoms with Gasteiger partial charge in [-0.05, 0) is 29.4 Å². The second kappa shape index (κ2) is 7.30. The zero-order chi connectivity index (χ0) is 20.6. The van der Waals surface area contributed by atoms with Crippen LogP contribution in [0.2, 0.25) is 0 Å². The van der Waals surface area contributed by atoms with E-state index in [0.717, 1.165) is 12.1 Å². The predicted molar refractivity (Wildman–Crippen MR) is 103 cm³/mol. The van der Waals surface area contributed by atoms with Crippen molar-refractivity contribution in [3.8, 4) is 5.75 Å². The molecule has 0 atom stereocenters. The first-order valence-electron chi connectivity index (χ1n) is 8.31. The zero-order valence-corrected chi connectivity index (χ0v) is 15.9. The van der Waals surface area contributed by atoms with Crippen LogP contribution in [0, 0.1) is 11.7 Å². The summed E-state index contributed by atoms with van der Waals surface area (Å²) in [5, 5.41) is 12.8. The van der Waals surface area contributed by atoms with E-state index in [2.05, 4.69) is 15.3 Å². The predicted octanol–water partition coefficient (Wildman–Crippen LogP) is 2.07. The summed E-state index contributed by atoms with van der Waals surface area (Å²) in [4.78, 5) is 30.1. The number of aromatic hydroxyl groups is 1. The van der Waals surface area contributed by atoms with Crippen LogP contribution < -0.4 is 19.9 Å². The zero-order valence-electron chi connectivity index (χ0n) is 15.1. The summed E-state index contributed by atoms with van der Waals surface area (Å²) >= 11 is 0. The molecule has 12 heteroatoms. The molecule has 3 rings (SSSR count). The van der Waals surface area contributed by atoms with Crippen molar-refractivity contribution in [3.05, 3.63) is 40.1 Å². The first kappa shape index (κ1) is 19.9. The quantitative estimate of drug-likeness (QED) is 0.436. The smallest absolute Gasteiger partial charge is 0.260 e. The molecule has 1 aliphatic rings. The number of rotatable bonds is 5. The van der Waals surface area contributed by atoms with Gasteiger partial charge in [0.25, 0.3) is 11.5 Å². The highest BCUT2D eigenvalue weighted by molar-refractivity contribution is 8.24. The highest BCUT2D eigenvalue weighted by atomic mass is 32.3. The number of aromatic nitrogens is 2. The number of H-pyrrole nitrogens is 1. The van der Waals surface area contributed by atoms with Crippen LogP contribution in [-0.2, 0) is 11.2 Å². The van der Waals surface area contributed by atoms with Crippen molar-refractivity contribution in [3.63, 3.8) is 0 Å². The maximum absolute atomic E-state index is 14.5. The van der Waals surface area contributed by atoms with E-state index in [0.29, 0.717) is 16.3 Å². The first-order chi connectivity index (χ1) is 13.1. The van der Waals surface area contributed by atoms with Gasteiger partial charge in [-0.2, -0.15) is 0 Å². The number of hydrogen-bond acceptors (Lipinski definition) is 8. The molecule has 1 aromatic carbocycles. The highest BCUT2D eigenvalue weighted by Crippen LogP contribution is 2.50. The molecule has 6 N–H and O–H groups in total. The van der Waals surface area contributed by atoms with Crippen molar-refractivity contribution in [1.29, 1.82) is 0 Å². The molecular weight excluding hydrogens is 393 g/mol. The molecule has 1 aromatic heterocycles. The van der Waals surface area contributed by atoms with Gasteiger partial charge in [-0.3, -0.25) is 23.7 Å². The lowest BCUT2D eigenvalue weighted by Crippen LogP contribution is -2.26. The summed E-state index contributed by atoms with van der Waals surface area (Å²) in [5.41, 5.74) is -0.282. The van der Waals surface area contributed by atoms with Gasteiger partial charge in [0, 0.05) is 23.5 Å². The Morgan fingerprint density at radius 1 is 1.36 bits per heavy atom. The molecule has 0 aliphatic carbocycles. The van der Waals surface area contributed by atoms with Gasteiger partial charge in [-0.25, -0.2) is 18.4 Å². The Kier molecular flexibility index (Phi) is 5.19. The van der Waals surface area contributed by atoms with Gasteiger partial charge in [0.1, 0.15) is 18.0 Å². The molecule has 28 heavy (non-hydrogen) atoms. The number of halogens is 1. The summed E-state index contributed by atoms with van der Waals surface area (Å²) in [6.07, 6.45) is 1.98. The lowest BCUT2D eigenvalue weighted by atomic mass is 10.1.